The van der Waals surface area contributed by atoms with Crippen molar-refractivity contribution in [2.75, 3.05) is 11.9 Å². The molecule has 7 heteroatoms. The molecule has 138 valence electrons. The molecule has 27 heavy (non-hydrogen) atoms. The molecule has 1 N–H and O–H groups in total. The van der Waals surface area contributed by atoms with Crippen LogP contribution in [0.5, 0.6) is 17.5 Å². The van der Waals surface area contributed by atoms with Crippen molar-refractivity contribution in [3.63, 3.8) is 0 Å². The van der Waals surface area contributed by atoms with Gasteiger partial charge in [0.1, 0.15) is 17.3 Å². The number of aryl methyl sites for hydroxylation is 2. The van der Waals surface area contributed by atoms with Crippen LogP contribution in [0.4, 0.5) is 10.1 Å². The number of carbonyl (C=O) groups excluding carboxylic acids is 1. The van der Waals surface area contributed by atoms with Crippen LogP contribution in [0.25, 0.3) is 0 Å². The molecule has 3 rings (SSSR count). The van der Waals surface area contributed by atoms with Crippen LogP contribution in [-0.4, -0.2) is 22.5 Å². The van der Waals surface area contributed by atoms with E-state index < -0.39 is 0 Å². The molecule has 3 aromatic rings. The Balaban J connectivity index is 1.64. The lowest BCUT2D eigenvalue weighted by atomic mass is 10.3. The van der Waals surface area contributed by atoms with Crippen LogP contribution in [0, 0.1) is 19.7 Å². The van der Waals surface area contributed by atoms with Crippen LogP contribution in [-0.2, 0) is 4.79 Å². The zero-order valence-electron chi connectivity index (χ0n) is 14.9. The molecule has 0 aliphatic heterocycles. The van der Waals surface area contributed by atoms with Gasteiger partial charge in [0.05, 0.1) is 17.1 Å². The number of nitrogens with one attached hydrogen (secondary N) is 1. The zero-order chi connectivity index (χ0) is 19.2. The first-order valence-corrected chi connectivity index (χ1v) is 8.27. The smallest absolute Gasteiger partial charge is 0.322 e. The lowest BCUT2D eigenvalue weighted by molar-refractivity contribution is -0.118. The van der Waals surface area contributed by atoms with E-state index in [2.05, 4.69) is 15.3 Å². The quantitative estimate of drug-likeness (QED) is 0.712. The number of rotatable bonds is 6. The van der Waals surface area contributed by atoms with E-state index in [4.69, 9.17) is 9.47 Å². The normalized spacial score (nSPS) is 10.3. The lowest BCUT2D eigenvalue weighted by Gasteiger charge is -2.13. The summed E-state index contributed by atoms with van der Waals surface area (Å²) in [7, 11) is 0. The maximum absolute atomic E-state index is 12.9. The van der Waals surface area contributed by atoms with Crippen LogP contribution in [0.15, 0.2) is 54.6 Å². The van der Waals surface area contributed by atoms with Gasteiger partial charge in [-0.1, -0.05) is 18.2 Å². The van der Waals surface area contributed by atoms with E-state index in [9.17, 15) is 9.18 Å². The van der Waals surface area contributed by atoms with E-state index in [1.165, 1.54) is 24.3 Å². The van der Waals surface area contributed by atoms with Gasteiger partial charge >= 0.3 is 6.01 Å². The second-order valence-corrected chi connectivity index (χ2v) is 5.76. The van der Waals surface area contributed by atoms with Gasteiger partial charge in [-0.15, -0.1) is 0 Å². The summed E-state index contributed by atoms with van der Waals surface area (Å²) in [6.07, 6.45) is 0. The molecule has 0 saturated heterocycles. The van der Waals surface area contributed by atoms with E-state index >= 15 is 0 Å². The fraction of sp³-hybridized carbons (Fsp3) is 0.150. The number of carbonyl (C=O) groups is 1. The Kier molecular flexibility index (Phi) is 5.61. The van der Waals surface area contributed by atoms with Crippen LogP contribution < -0.4 is 14.8 Å². The minimum atomic E-state index is -0.370. The first-order chi connectivity index (χ1) is 13.0. The van der Waals surface area contributed by atoms with Gasteiger partial charge in [-0.05, 0) is 50.2 Å². The highest BCUT2D eigenvalue weighted by molar-refractivity contribution is 5.92. The molecule has 0 atom stereocenters. The number of amides is 1. The van der Waals surface area contributed by atoms with Crippen molar-refractivity contribution in [1.29, 1.82) is 0 Å². The summed E-state index contributed by atoms with van der Waals surface area (Å²) in [6, 6.07) is 14.8. The van der Waals surface area contributed by atoms with Crippen LogP contribution in [0.2, 0.25) is 0 Å². The van der Waals surface area contributed by atoms with Crippen molar-refractivity contribution < 1.29 is 18.7 Å². The first kappa shape index (κ1) is 18.3. The molecule has 0 fully saturated rings. The van der Waals surface area contributed by atoms with Crippen molar-refractivity contribution in [3.05, 3.63) is 71.8 Å². The van der Waals surface area contributed by atoms with E-state index in [-0.39, 0.29) is 24.3 Å². The van der Waals surface area contributed by atoms with Crippen molar-refractivity contribution in [2.24, 2.45) is 0 Å². The fourth-order valence-corrected chi connectivity index (χ4v) is 2.36. The number of hydrogen-bond acceptors (Lipinski definition) is 5. The van der Waals surface area contributed by atoms with Crippen molar-refractivity contribution >= 4 is 11.6 Å². The molecule has 0 unspecified atom stereocenters. The minimum absolute atomic E-state index is 0.205. The number of halogens is 1. The van der Waals surface area contributed by atoms with Crippen molar-refractivity contribution in [1.82, 2.24) is 9.97 Å². The Morgan fingerprint density at radius 3 is 2.22 bits per heavy atom. The molecule has 0 saturated carbocycles. The molecule has 0 spiro atoms. The Morgan fingerprint density at radius 2 is 1.59 bits per heavy atom. The van der Waals surface area contributed by atoms with E-state index in [0.29, 0.717) is 28.6 Å². The summed E-state index contributed by atoms with van der Waals surface area (Å²) >= 11 is 0. The Bertz CT molecular complexity index is 908. The number of anilines is 1. The van der Waals surface area contributed by atoms with Gasteiger partial charge in [0.2, 0.25) is 0 Å². The van der Waals surface area contributed by atoms with Crippen LogP contribution in [0.3, 0.4) is 0 Å². The third-order valence-electron chi connectivity index (χ3n) is 3.65. The highest BCUT2D eigenvalue weighted by atomic mass is 19.1. The number of nitrogens with zero attached hydrogens (tertiary/aromatic N) is 2. The SMILES string of the molecule is Cc1nc(Oc2ccccc2)nc(C)c1NC(=O)COc1ccc(F)cc1. The number of hydrogen-bond donors (Lipinski definition) is 1. The highest BCUT2D eigenvalue weighted by Crippen LogP contribution is 2.23. The van der Waals surface area contributed by atoms with Gasteiger partial charge in [0.25, 0.3) is 5.91 Å². The average Bonchev–Trinajstić information content (AvgIpc) is 2.65. The molecule has 0 aliphatic rings. The minimum Gasteiger partial charge on any atom is -0.484 e. The molecule has 2 aromatic carbocycles. The molecule has 0 aliphatic carbocycles. The largest absolute Gasteiger partial charge is 0.484 e. The van der Waals surface area contributed by atoms with Gasteiger partial charge in [0, 0.05) is 0 Å². The fourth-order valence-electron chi connectivity index (χ4n) is 2.36. The molecule has 6 nitrogen and oxygen atoms in total. The highest BCUT2D eigenvalue weighted by Gasteiger charge is 2.13. The summed E-state index contributed by atoms with van der Waals surface area (Å²) < 4.78 is 23.8. The summed E-state index contributed by atoms with van der Waals surface area (Å²) in [5.41, 5.74) is 1.65. The predicted octanol–water partition coefficient (Wildman–Crippen LogP) is 4.04. The lowest BCUT2D eigenvalue weighted by Crippen LogP contribution is -2.22. The monoisotopic (exact) mass is 367 g/mol. The van der Waals surface area contributed by atoms with Gasteiger partial charge in [0.15, 0.2) is 6.61 Å². The molecule has 1 amide bonds. The maximum Gasteiger partial charge on any atom is 0.322 e. The predicted molar refractivity (Wildman–Crippen MR) is 98.5 cm³/mol. The second-order valence-electron chi connectivity index (χ2n) is 5.76. The van der Waals surface area contributed by atoms with E-state index in [1.807, 2.05) is 18.2 Å². The Hall–Kier alpha value is -3.48. The van der Waals surface area contributed by atoms with Crippen molar-refractivity contribution in [3.8, 4) is 17.5 Å². The molecular weight excluding hydrogens is 349 g/mol. The van der Waals surface area contributed by atoms with Gasteiger partial charge in [-0.25, -0.2) is 4.39 Å². The van der Waals surface area contributed by atoms with E-state index in [1.54, 1.807) is 26.0 Å². The summed E-state index contributed by atoms with van der Waals surface area (Å²) in [5.74, 6) is 0.294. The topological polar surface area (TPSA) is 73.3 Å². The maximum atomic E-state index is 12.9. The van der Waals surface area contributed by atoms with Crippen LogP contribution >= 0.6 is 0 Å². The molecule has 1 heterocycles. The van der Waals surface area contributed by atoms with Gasteiger partial charge in [-0.2, -0.15) is 9.97 Å². The van der Waals surface area contributed by atoms with Crippen molar-refractivity contribution in [2.45, 2.75) is 13.8 Å². The molecular formula is C20H18FN3O3. The average molecular weight is 367 g/mol. The third-order valence-corrected chi connectivity index (χ3v) is 3.65. The first-order valence-electron chi connectivity index (χ1n) is 8.27. The standard InChI is InChI=1S/C20H18FN3O3/c1-13-19(24-18(25)12-26-16-10-8-15(21)9-11-16)14(2)23-20(22-13)27-17-6-4-3-5-7-17/h3-11H,12H2,1-2H3,(H,24,25). The zero-order valence-corrected chi connectivity index (χ0v) is 14.9. The molecule has 0 radical (unpaired) electrons. The second kappa shape index (κ2) is 8.27. The van der Waals surface area contributed by atoms with E-state index in [0.717, 1.165) is 0 Å². The number of ether oxygens (including phenoxy) is 2. The van der Waals surface area contributed by atoms with Gasteiger partial charge < -0.3 is 14.8 Å². The molecule has 0 bridgehead atoms. The number of benzene rings is 2. The number of aromatic nitrogens is 2. The summed E-state index contributed by atoms with van der Waals surface area (Å²) in [6.45, 7) is 3.29. The Morgan fingerprint density at radius 1 is 0.963 bits per heavy atom. The third kappa shape index (κ3) is 5.01. The number of para-hydroxylation sites is 1. The summed E-state index contributed by atoms with van der Waals surface area (Å²) in [5, 5.41) is 2.73. The summed E-state index contributed by atoms with van der Waals surface area (Å²) in [4.78, 5) is 20.7. The van der Waals surface area contributed by atoms with Crippen LogP contribution in [0.1, 0.15) is 11.4 Å². The Labute approximate surface area is 156 Å². The molecule has 1 aromatic heterocycles. The van der Waals surface area contributed by atoms with Gasteiger partial charge in [-0.3, -0.25) is 4.79 Å².